The van der Waals surface area contributed by atoms with Crippen molar-refractivity contribution in [1.82, 2.24) is 5.32 Å². The van der Waals surface area contributed by atoms with E-state index in [2.05, 4.69) is 48.6 Å². The Balaban J connectivity index is 3.07. The zero-order valence-electron chi connectivity index (χ0n) is 15.2. The number of alkyl halides is 2. The number of carbonyl (C=O) groups is 1. The lowest BCUT2D eigenvalue weighted by Gasteiger charge is -2.32. The van der Waals surface area contributed by atoms with Crippen LogP contribution in [0.15, 0.2) is 36.9 Å². The van der Waals surface area contributed by atoms with Crippen molar-refractivity contribution in [3.63, 3.8) is 0 Å². The average molecular weight is 398 g/mol. The van der Waals surface area contributed by atoms with E-state index >= 15 is 0 Å². The van der Waals surface area contributed by atoms with E-state index in [-0.39, 0.29) is 23.8 Å². The molecule has 1 N–H and O–H groups in total. The number of halogens is 2. The zero-order chi connectivity index (χ0) is 18.4. The summed E-state index contributed by atoms with van der Waals surface area (Å²) in [6, 6.07) is 7.34. The van der Waals surface area contributed by atoms with E-state index in [0.717, 1.165) is 5.56 Å². The van der Waals surface area contributed by atoms with Crippen molar-refractivity contribution in [1.29, 1.82) is 0 Å². The van der Waals surface area contributed by atoms with Crippen molar-refractivity contribution in [2.45, 2.75) is 57.6 Å². The van der Waals surface area contributed by atoms with E-state index in [9.17, 15) is 9.18 Å². The maximum absolute atomic E-state index is 14.6. The quantitative estimate of drug-likeness (QED) is 0.456. The molecule has 0 aliphatic heterocycles. The molecule has 0 aliphatic rings. The van der Waals surface area contributed by atoms with E-state index in [4.69, 9.17) is 0 Å². The normalized spacial score (nSPS) is 17.7. The Hall–Kier alpha value is -1.16. The van der Waals surface area contributed by atoms with Crippen molar-refractivity contribution in [3.05, 3.63) is 48.0 Å². The highest BCUT2D eigenvalue weighted by atomic mass is 79.9. The Morgan fingerprint density at radius 3 is 2.08 bits per heavy atom. The number of hydrogen-bond acceptors (Lipinski definition) is 1. The third-order valence-electron chi connectivity index (χ3n) is 4.67. The Labute approximate surface area is 154 Å². The molecule has 0 saturated carbocycles. The van der Waals surface area contributed by atoms with Crippen LogP contribution in [0.5, 0.6) is 0 Å². The second kappa shape index (κ2) is 9.36. The first kappa shape index (κ1) is 20.9. The summed E-state index contributed by atoms with van der Waals surface area (Å²) in [6.45, 7) is 13.7. The molecule has 0 spiro atoms. The van der Waals surface area contributed by atoms with Gasteiger partial charge in [-0.05, 0) is 43.4 Å². The molecule has 0 aliphatic carbocycles. The van der Waals surface area contributed by atoms with Crippen LogP contribution in [0.3, 0.4) is 0 Å². The Kier molecular flexibility index (Phi) is 8.14. The number of hydrogen-bond donors (Lipinski definition) is 1. The minimum atomic E-state index is -1.12. The first-order chi connectivity index (χ1) is 11.2. The first-order valence-corrected chi connectivity index (χ1v) is 9.42. The highest BCUT2D eigenvalue weighted by Gasteiger charge is 2.31. The van der Waals surface area contributed by atoms with E-state index in [0.29, 0.717) is 16.3 Å². The molecule has 0 saturated heterocycles. The summed E-state index contributed by atoms with van der Waals surface area (Å²) >= 11 is 3.60. The Bertz CT molecular complexity index is 541. The predicted molar refractivity (Wildman–Crippen MR) is 104 cm³/mol. The van der Waals surface area contributed by atoms with Crippen LogP contribution in [-0.4, -0.2) is 22.9 Å². The molecule has 0 fully saturated rings. The van der Waals surface area contributed by atoms with Gasteiger partial charge in [0.2, 0.25) is 0 Å². The Morgan fingerprint density at radius 2 is 1.67 bits per heavy atom. The highest BCUT2D eigenvalue weighted by Crippen LogP contribution is 2.37. The van der Waals surface area contributed by atoms with Crippen LogP contribution in [0.4, 0.5) is 4.39 Å². The number of amides is 1. The number of benzene rings is 1. The topological polar surface area (TPSA) is 29.1 Å². The molecular formula is C20H29BrFNO. The molecule has 1 unspecified atom stereocenters. The van der Waals surface area contributed by atoms with Crippen LogP contribution >= 0.6 is 15.9 Å². The van der Waals surface area contributed by atoms with Crippen LogP contribution in [0.2, 0.25) is 0 Å². The lowest BCUT2D eigenvalue weighted by Crippen LogP contribution is -2.30. The SMILES string of the molecule is C=CC(F)[C@@H](c1ccc(C(=O)NC(C)C)cc1)[C@@H](C)[C@@H](C)[C@H](C)Br. The van der Waals surface area contributed by atoms with Gasteiger partial charge < -0.3 is 5.32 Å². The van der Waals surface area contributed by atoms with Gasteiger partial charge in [0, 0.05) is 22.4 Å². The van der Waals surface area contributed by atoms with Gasteiger partial charge in [0.25, 0.3) is 5.91 Å². The molecule has 2 nitrogen and oxygen atoms in total. The summed E-state index contributed by atoms with van der Waals surface area (Å²) in [6.07, 6.45) is 0.246. The van der Waals surface area contributed by atoms with Gasteiger partial charge in [-0.3, -0.25) is 4.79 Å². The third-order valence-corrected chi connectivity index (χ3v) is 5.50. The van der Waals surface area contributed by atoms with Crippen molar-refractivity contribution in [2.24, 2.45) is 11.8 Å². The molecular weight excluding hydrogens is 369 g/mol. The molecule has 1 aromatic rings. The first-order valence-electron chi connectivity index (χ1n) is 8.50. The van der Waals surface area contributed by atoms with Gasteiger partial charge in [-0.15, -0.1) is 6.58 Å². The number of nitrogens with one attached hydrogen (secondary N) is 1. The molecule has 0 aromatic heterocycles. The Morgan fingerprint density at radius 1 is 1.12 bits per heavy atom. The maximum Gasteiger partial charge on any atom is 0.251 e. The molecule has 134 valence electrons. The second-order valence-corrected chi connectivity index (χ2v) is 8.30. The smallest absolute Gasteiger partial charge is 0.251 e. The fraction of sp³-hybridized carbons (Fsp3) is 0.550. The van der Waals surface area contributed by atoms with Crippen molar-refractivity contribution in [3.8, 4) is 0 Å². The van der Waals surface area contributed by atoms with Crippen LogP contribution in [0.1, 0.15) is 56.5 Å². The molecule has 1 rings (SSSR count). The van der Waals surface area contributed by atoms with Crippen LogP contribution in [0, 0.1) is 11.8 Å². The van der Waals surface area contributed by atoms with E-state index in [1.54, 1.807) is 12.1 Å². The van der Waals surface area contributed by atoms with Gasteiger partial charge in [0.15, 0.2) is 0 Å². The summed E-state index contributed by atoms with van der Waals surface area (Å²) in [7, 11) is 0. The summed E-state index contributed by atoms with van der Waals surface area (Å²) in [4.78, 5) is 12.3. The zero-order valence-corrected chi connectivity index (χ0v) is 16.8. The molecule has 24 heavy (non-hydrogen) atoms. The molecule has 0 heterocycles. The van der Waals surface area contributed by atoms with Gasteiger partial charge in [0.1, 0.15) is 6.17 Å². The predicted octanol–water partition coefficient (Wildman–Crippen LogP) is 5.49. The van der Waals surface area contributed by atoms with Gasteiger partial charge >= 0.3 is 0 Å². The number of allylic oxidation sites excluding steroid dienone is 1. The van der Waals surface area contributed by atoms with Crippen molar-refractivity contribution in [2.75, 3.05) is 0 Å². The van der Waals surface area contributed by atoms with E-state index in [1.807, 2.05) is 26.0 Å². The molecule has 1 amide bonds. The minimum absolute atomic E-state index is 0.0854. The van der Waals surface area contributed by atoms with Gasteiger partial charge in [-0.1, -0.05) is 54.9 Å². The fourth-order valence-electron chi connectivity index (χ4n) is 2.87. The second-order valence-electron chi connectivity index (χ2n) is 6.85. The van der Waals surface area contributed by atoms with Gasteiger partial charge in [0.05, 0.1) is 0 Å². The third kappa shape index (κ3) is 5.44. The summed E-state index contributed by atoms with van der Waals surface area (Å²) < 4.78 is 14.6. The summed E-state index contributed by atoms with van der Waals surface area (Å²) in [5, 5.41) is 2.86. The van der Waals surface area contributed by atoms with E-state index in [1.165, 1.54) is 6.08 Å². The monoisotopic (exact) mass is 397 g/mol. The fourth-order valence-corrected chi connectivity index (χ4v) is 3.35. The standard InChI is InChI=1S/C20H29BrFNO/c1-7-18(22)19(14(5)13(4)15(6)21)16-8-10-17(11-9-16)20(24)23-12(2)3/h7-15,18-19H,1H2,2-6H3,(H,23,24)/t13-,14+,15+,18?,19-/m1/s1. The van der Waals surface area contributed by atoms with Crippen molar-refractivity contribution < 1.29 is 9.18 Å². The molecule has 1 aromatic carbocycles. The maximum atomic E-state index is 14.6. The largest absolute Gasteiger partial charge is 0.350 e. The number of rotatable bonds is 8. The van der Waals surface area contributed by atoms with Crippen molar-refractivity contribution >= 4 is 21.8 Å². The van der Waals surface area contributed by atoms with Crippen LogP contribution < -0.4 is 5.32 Å². The number of carbonyl (C=O) groups excluding carboxylic acids is 1. The molecule has 4 heteroatoms. The van der Waals surface area contributed by atoms with Crippen LogP contribution in [0.25, 0.3) is 0 Å². The van der Waals surface area contributed by atoms with E-state index < -0.39 is 6.17 Å². The molecule has 5 atom stereocenters. The average Bonchev–Trinajstić information content (AvgIpc) is 2.53. The summed E-state index contributed by atoms with van der Waals surface area (Å²) in [5.41, 5.74) is 1.49. The highest BCUT2D eigenvalue weighted by molar-refractivity contribution is 9.09. The van der Waals surface area contributed by atoms with Gasteiger partial charge in [-0.25, -0.2) is 4.39 Å². The molecule has 0 radical (unpaired) electrons. The minimum Gasteiger partial charge on any atom is -0.350 e. The molecule has 0 bridgehead atoms. The summed E-state index contributed by atoms with van der Waals surface area (Å²) in [5.74, 6) is 0.0451. The lowest BCUT2D eigenvalue weighted by atomic mass is 9.76. The van der Waals surface area contributed by atoms with Gasteiger partial charge in [-0.2, -0.15) is 0 Å². The lowest BCUT2D eigenvalue weighted by molar-refractivity contribution is 0.0943. The van der Waals surface area contributed by atoms with Crippen LogP contribution in [-0.2, 0) is 0 Å².